The van der Waals surface area contributed by atoms with E-state index in [4.69, 9.17) is 12.2 Å². The molecule has 2 aromatic rings. The molecule has 27 heavy (non-hydrogen) atoms. The molecule has 2 rings (SSSR count). The summed E-state index contributed by atoms with van der Waals surface area (Å²) in [5.41, 5.74) is 6.35. The number of carbonyl (C=O) groups excluding carboxylic acids is 2. The van der Waals surface area contributed by atoms with E-state index in [2.05, 4.69) is 16.1 Å². The first kappa shape index (κ1) is 20.2. The number of thiocarbonyl (C=S) groups is 1. The van der Waals surface area contributed by atoms with Crippen LogP contribution in [0.25, 0.3) is 0 Å². The third kappa shape index (κ3) is 6.94. The van der Waals surface area contributed by atoms with Crippen molar-refractivity contribution in [3.63, 3.8) is 0 Å². The van der Waals surface area contributed by atoms with Crippen molar-refractivity contribution in [1.29, 1.82) is 0 Å². The number of Topliss-reactive ketones (excluding diaryl/α,β-unsaturated/α-hetero) is 1. The van der Waals surface area contributed by atoms with Crippen molar-refractivity contribution in [2.45, 2.75) is 12.6 Å². The van der Waals surface area contributed by atoms with Gasteiger partial charge in [-0.3, -0.25) is 20.4 Å². The molecule has 10 heteroatoms. The molecule has 0 heterocycles. The van der Waals surface area contributed by atoms with E-state index >= 15 is 0 Å². The molecular formula is C17H15F3N4O2S. The number of hydrogen-bond acceptors (Lipinski definition) is 4. The van der Waals surface area contributed by atoms with E-state index in [0.29, 0.717) is 16.5 Å². The highest BCUT2D eigenvalue weighted by Crippen LogP contribution is 2.18. The Morgan fingerprint density at radius 3 is 1.93 bits per heavy atom. The Bertz CT molecular complexity index is 811. The van der Waals surface area contributed by atoms with Crippen LogP contribution in [0.3, 0.4) is 0 Å². The average molecular weight is 396 g/mol. The van der Waals surface area contributed by atoms with Gasteiger partial charge in [0.15, 0.2) is 5.11 Å². The molecule has 0 aliphatic heterocycles. The Morgan fingerprint density at radius 1 is 0.852 bits per heavy atom. The van der Waals surface area contributed by atoms with Crippen molar-refractivity contribution in [1.82, 2.24) is 5.43 Å². The monoisotopic (exact) mass is 396 g/mol. The predicted octanol–water partition coefficient (Wildman–Crippen LogP) is 3.46. The van der Waals surface area contributed by atoms with Crippen LogP contribution in [0.1, 0.15) is 6.42 Å². The maximum atomic E-state index is 12.1. The highest BCUT2D eigenvalue weighted by molar-refractivity contribution is 7.80. The van der Waals surface area contributed by atoms with Gasteiger partial charge in [0.2, 0.25) is 11.7 Å². The van der Waals surface area contributed by atoms with Crippen molar-refractivity contribution >= 4 is 46.1 Å². The zero-order chi connectivity index (χ0) is 19.9. The fourth-order valence-corrected chi connectivity index (χ4v) is 2.12. The lowest BCUT2D eigenvalue weighted by molar-refractivity contribution is -0.171. The first-order valence-electron chi connectivity index (χ1n) is 7.62. The summed E-state index contributed by atoms with van der Waals surface area (Å²) in [7, 11) is 0. The molecule has 1 amide bonds. The number of ketones is 1. The van der Waals surface area contributed by atoms with Crippen LogP contribution in [-0.4, -0.2) is 23.0 Å². The summed E-state index contributed by atoms with van der Waals surface area (Å²) < 4.78 is 36.3. The van der Waals surface area contributed by atoms with E-state index in [1.54, 1.807) is 24.3 Å². The second-order valence-electron chi connectivity index (χ2n) is 5.29. The van der Waals surface area contributed by atoms with Crippen LogP contribution in [-0.2, 0) is 9.59 Å². The van der Waals surface area contributed by atoms with Crippen molar-refractivity contribution in [2.75, 3.05) is 16.1 Å². The van der Waals surface area contributed by atoms with Gasteiger partial charge in [0.05, 0.1) is 12.1 Å². The SMILES string of the molecule is O=C(CC(=O)C(F)(F)F)NNc1ccc(NC(=S)Nc2ccccc2)cc1. The molecule has 0 radical (unpaired) electrons. The molecule has 0 aliphatic rings. The fraction of sp³-hybridized carbons (Fsp3) is 0.118. The van der Waals surface area contributed by atoms with Gasteiger partial charge in [-0.25, -0.2) is 0 Å². The minimum atomic E-state index is -5.03. The minimum absolute atomic E-state index is 0.376. The lowest BCUT2D eigenvalue weighted by Crippen LogP contribution is -2.34. The normalized spacial score (nSPS) is 10.6. The summed E-state index contributed by atoms with van der Waals surface area (Å²) >= 11 is 5.19. The van der Waals surface area contributed by atoms with Gasteiger partial charge in [-0.2, -0.15) is 13.2 Å². The van der Waals surface area contributed by atoms with Crippen LogP contribution in [0.4, 0.5) is 30.2 Å². The van der Waals surface area contributed by atoms with Gasteiger partial charge < -0.3 is 10.6 Å². The average Bonchev–Trinajstić information content (AvgIpc) is 2.61. The van der Waals surface area contributed by atoms with Crippen LogP contribution in [0.5, 0.6) is 0 Å². The number of carbonyl (C=O) groups is 2. The summed E-state index contributed by atoms with van der Waals surface area (Å²) in [6.45, 7) is 0. The Labute approximate surface area is 158 Å². The number of benzene rings is 2. The first-order chi connectivity index (χ1) is 12.7. The smallest absolute Gasteiger partial charge is 0.332 e. The second kappa shape index (κ2) is 8.99. The number of alkyl halides is 3. The van der Waals surface area contributed by atoms with Gasteiger partial charge in [-0.15, -0.1) is 0 Å². The molecule has 0 aliphatic carbocycles. The van der Waals surface area contributed by atoms with E-state index in [0.717, 1.165) is 5.69 Å². The molecule has 0 atom stereocenters. The van der Waals surface area contributed by atoms with Crippen LogP contribution >= 0.6 is 12.2 Å². The van der Waals surface area contributed by atoms with Gasteiger partial charge in [0, 0.05) is 11.4 Å². The standard InChI is InChI=1S/C17H15F3N4O2S/c18-17(19,20)14(25)10-15(26)24-23-13-8-6-12(7-9-13)22-16(27)21-11-4-2-1-3-5-11/h1-9,23H,10H2,(H,24,26)(H2,21,22,27). The topological polar surface area (TPSA) is 82.3 Å². The van der Waals surface area contributed by atoms with Crippen LogP contribution < -0.4 is 21.5 Å². The molecule has 0 saturated carbocycles. The lowest BCUT2D eigenvalue weighted by Gasteiger charge is -2.12. The number of para-hydroxylation sites is 1. The number of halogens is 3. The molecule has 142 valence electrons. The van der Waals surface area contributed by atoms with E-state index in [-0.39, 0.29) is 0 Å². The van der Waals surface area contributed by atoms with Crippen LogP contribution in [0.15, 0.2) is 54.6 Å². The van der Waals surface area contributed by atoms with Gasteiger partial charge in [-0.05, 0) is 48.6 Å². The highest BCUT2D eigenvalue weighted by Gasteiger charge is 2.39. The zero-order valence-corrected chi connectivity index (χ0v) is 14.6. The van der Waals surface area contributed by atoms with E-state index < -0.39 is 24.3 Å². The van der Waals surface area contributed by atoms with Crippen molar-refractivity contribution in [2.24, 2.45) is 0 Å². The second-order valence-corrected chi connectivity index (χ2v) is 5.70. The summed E-state index contributed by atoms with van der Waals surface area (Å²) in [6.07, 6.45) is -6.31. The number of hydrazine groups is 1. The maximum absolute atomic E-state index is 12.1. The predicted molar refractivity (Wildman–Crippen MR) is 100 cm³/mol. The van der Waals surface area contributed by atoms with Gasteiger partial charge in [0.1, 0.15) is 0 Å². The summed E-state index contributed by atoms with van der Waals surface area (Å²) in [5.74, 6) is -3.20. The molecule has 0 unspecified atom stereocenters. The third-order valence-corrected chi connectivity index (χ3v) is 3.36. The van der Waals surface area contributed by atoms with Gasteiger partial charge in [0.25, 0.3) is 0 Å². The molecular weight excluding hydrogens is 381 g/mol. The Morgan fingerprint density at radius 2 is 1.37 bits per heavy atom. The molecule has 0 fully saturated rings. The first-order valence-corrected chi connectivity index (χ1v) is 8.03. The van der Waals surface area contributed by atoms with E-state index in [9.17, 15) is 22.8 Å². The molecule has 4 N–H and O–H groups in total. The molecule has 2 aromatic carbocycles. The quantitative estimate of drug-likeness (QED) is 0.340. The number of anilines is 3. The van der Waals surface area contributed by atoms with Gasteiger partial charge >= 0.3 is 6.18 Å². The minimum Gasteiger partial charge on any atom is -0.332 e. The van der Waals surface area contributed by atoms with Crippen molar-refractivity contribution in [3.05, 3.63) is 54.6 Å². The third-order valence-electron chi connectivity index (χ3n) is 3.16. The molecule has 6 nitrogen and oxygen atoms in total. The Balaban J connectivity index is 1.80. The zero-order valence-electron chi connectivity index (χ0n) is 13.8. The molecule has 0 aromatic heterocycles. The largest absolute Gasteiger partial charge is 0.450 e. The van der Waals surface area contributed by atoms with Crippen LogP contribution in [0, 0.1) is 0 Å². The number of hydrogen-bond donors (Lipinski definition) is 4. The van der Waals surface area contributed by atoms with Crippen molar-refractivity contribution in [3.8, 4) is 0 Å². The van der Waals surface area contributed by atoms with Crippen molar-refractivity contribution < 1.29 is 22.8 Å². The summed E-state index contributed by atoms with van der Waals surface area (Å²) in [6, 6.07) is 15.7. The summed E-state index contributed by atoms with van der Waals surface area (Å²) in [4.78, 5) is 22.1. The van der Waals surface area contributed by atoms with Gasteiger partial charge in [-0.1, -0.05) is 18.2 Å². The number of amides is 1. The van der Waals surface area contributed by atoms with Crippen LogP contribution in [0.2, 0.25) is 0 Å². The Hall–Kier alpha value is -3.14. The Kier molecular flexibility index (Phi) is 6.72. The van der Waals surface area contributed by atoms with E-state index in [1.807, 2.05) is 35.8 Å². The molecule has 0 saturated heterocycles. The molecule has 0 bridgehead atoms. The lowest BCUT2D eigenvalue weighted by atomic mass is 10.2. The maximum Gasteiger partial charge on any atom is 0.450 e. The fourth-order valence-electron chi connectivity index (χ4n) is 1.88. The number of rotatable bonds is 6. The van der Waals surface area contributed by atoms with E-state index in [1.165, 1.54) is 0 Å². The molecule has 0 spiro atoms. The summed E-state index contributed by atoms with van der Waals surface area (Å²) in [5, 5.41) is 6.34. The number of nitrogens with one attached hydrogen (secondary N) is 4. The highest BCUT2D eigenvalue weighted by atomic mass is 32.1.